The summed E-state index contributed by atoms with van der Waals surface area (Å²) in [6.07, 6.45) is -0.771. The highest BCUT2D eigenvalue weighted by atomic mass is 16.5. The fourth-order valence-electron chi connectivity index (χ4n) is 3.74. The van der Waals surface area contributed by atoms with Crippen molar-refractivity contribution in [3.8, 4) is 11.5 Å². The number of methoxy groups -OCH3 is 1. The first-order chi connectivity index (χ1) is 15.9. The van der Waals surface area contributed by atoms with Gasteiger partial charge in [-0.15, -0.1) is 0 Å². The second kappa shape index (κ2) is 9.60. The fraction of sp³-hybridized carbons (Fsp3) is 0.240. The lowest BCUT2D eigenvalue weighted by Gasteiger charge is -2.18. The number of nitrogens with one attached hydrogen (secondary N) is 2. The molecule has 0 spiro atoms. The molecule has 3 aromatic carbocycles. The molecular weight excluding hydrogens is 422 g/mol. The molecule has 0 bridgehead atoms. The number of amides is 3. The predicted molar refractivity (Wildman–Crippen MR) is 124 cm³/mol. The average Bonchev–Trinajstić information content (AvgIpc) is 3.23. The summed E-state index contributed by atoms with van der Waals surface area (Å²) in [5, 5.41) is 2.07. The average molecular weight is 447 g/mol. The third-order valence-corrected chi connectivity index (χ3v) is 5.57. The number of hydrogen-bond acceptors (Lipinski definition) is 5. The van der Waals surface area contributed by atoms with E-state index in [2.05, 4.69) is 10.9 Å². The van der Waals surface area contributed by atoms with Gasteiger partial charge in [0.15, 0.2) is 6.10 Å². The van der Waals surface area contributed by atoms with Gasteiger partial charge >= 0.3 is 0 Å². The lowest BCUT2D eigenvalue weighted by atomic mass is 10.1. The van der Waals surface area contributed by atoms with Gasteiger partial charge in [0.25, 0.3) is 5.91 Å². The minimum Gasteiger partial charge on any atom is -0.497 e. The number of anilines is 1. The SMILES string of the molecule is COc1cccc(N2CC(C(=O)NNC(=O)C(C)Oc3ccc4ccccc4c3)CC2=O)c1. The van der Waals surface area contributed by atoms with E-state index in [1.165, 1.54) is 0 Å². The van der Waals surface area contributed by atoms with Crippen molar-refractivity contribution in [2.24, 2.45) is 5.92 Å². The first-order valence-corrected chi connectivity index (χ1v) is 10.6. The maximum absolute atomic E-state index is 12.6. The van der Waals surface area contributed by atoms with Crippen LogP contribution in [0.25, 0.3) is 10.8 Å². The molecule has 1 heterocycles. The summed E-state index contributed by atoms with van der Waals surface area (Å²) in [6, 6.07) is 20.5. The van der Waals surface area contributed by atoms with Crippen LogP contribution in [-0.2, 0) is 14.4 Å². The number of rotatable bonds is 6. The molecule has 2 N–H and O–H groups in total. The monoisotopic (exact) mass is 447 g/mol. The molecule has 33 heavy (non-hydrogen) atoms. The van der Waals surface area contributed by atoms with Gasteiger partial charge in [-0.05, 0) is 42.0 Å². The van der Waals surface area contributed by atoms with Gasteiger partial charge in [-0.2, -0.15) is 0 Å². The number of fused-ring (bicyclic) bond motifs is 1. The zero-order chi connectivity index (χ0) is 23.4. The summed E-state index contributed by atoms with van der Waals surface area (Å²) in [6.45, 7) is 1.82. The van der Waals surface area contributed by atoms with Gasteiger partial charge in [0, 0.05) is 24.7 Å². The molecule has 8 nitrogen and oxygen atoms in total. The maximum atomic E-state index is 12.6. The van der Waals surface area contributed by atoms with Crippen LogP contribution in [0.1, 0.15) is 13.3 Å². The van der Waals surface area contributed by atoms with E-state index in [0.717, 1.165) is 10.8 Å². The quantitative estimate of drug-likeness (QED) is 0.567. The summed E-state index contributed by atoms with van der Waals surface area (Å²) in [4.78, 5) is 38.9. The Morgan fingerprint density at radius 3 is 2.55 bits per heavy atom. The van der Waals surface area contributed by atoms with Crippen molar-refractivity contribution in [1.82, 2.24) is 10.9 Å². The number of benzene rings is 3. The Kier molecular flexibility index (Phi) is 6.44. The molecule has 0 saturated carbocycles. The second-order valence-electron chi connectivity index (χ2n) is 7.85. The highest BCUT2D eigenvalue weighted by molar-refractivity contribution is 6.00. The van der Waals surface area contributed by atoms with Gasteiger partial charge in [-0.3, -0.25) is 25.2 Å². The number of carbonyl (C=O) groups is 3. The molecule has 1 aliphatic rings. The van der Waals surface area contributed by atoms with E-state index >= 15 is 0 Å². The smallest absolute Gasteiger partial charge is 0.279 e. The lowest BCUT2D eigenvalue weighted by molar-refractivity contribution is -0.134. The molecular formula is C25H25N3O5. The molecule has 2 atom stereocenters. The maximum Gasteiger partial charge on any atom is 0.279 e. The van der Waals surface area contributed by atoms with E-state index in [1.807, 2.05) is 36.4 Å². The minimum atomic E-state index is -0.829. The van der Waals surface area contributed by atoms with Crippen molar-refractivity contribution < 1.29 is 23.9 Å². The van der Waals surface area contributed by atoms with Crippen LogP contribution in [0.5, 0.6) is 11.5 Å². The highest BCUT2D eigenvalue weighted by Crippen LogP contribution is 2.28. The first-order valence-electron chi connectivity index (χ1n) is 10.6. The lowest BCUT2D eigenvalue weighted by Crippen LogP contribution is -2.49. The van der Waals surface area contributed by atoms with Gasteiger partial charge in [0.1, 0.15) is 11.5 Å². The Hall–Kier alpha value is -4.07. The number of hydrogen-bond donors (Lipinski definition) is 2. The van der Waals surface area contributed by atoms with Gasteiger partial charge in [0.05, 0.1) is 13.0 Å². The van der Waals surface area contributed by atoms with Gasteiger partial charge in [-0.1, -0.05) is 36.4 Å². The largest absolute Gasteiger partial charge is 0.497 e. The second-order valence-corrected chi connectivity index (χ2v) is 7.85. The van der Waals surface area contributed by atoms with E-state index in [-0.39, 0.29) is 18.9 Å². The number of nitrogens with zero attached hydrogens (tertiary/aromatic N) is 1. The number of carbonyl (C=O) groups excluding carboxylic acids is 3. The van der Waals surface area contributed by atoms with Gasteiger partial charge < -0.3 is 14.4 Å². The van der Waals surface area contributed by atoms with E-state index < -0.39 is 23.8 Å². The molecule has 1 saturated heterocycles. The van der Waals surface area contributed by atoms with Crippen LogP contribution in [0.4, 0.5) is 5.69 Å². The molecule has 3 aromatic rings. The number of hydrazine groups is 1. The summed E-state index contributed by atoms with van der Waals surface area (Å²) in [5.74, 6) is -0.493. The van der Waals surface area contributed by atoms with E-state index in [1.54, 1.807) is 49.3 Å². The third-order valence-electron chi connectivity index (χ3n) is 5.57. The van der Waals surface area contributed by atoms with E-state index in [9.17, 15) is 14.4 Å². The number of ether oxygens (including phenoxy) is 2. The van der Waals surface area contributed by atoms with Crippen LogP contribution in [0.2, 0.25) is 0 Å². The molecule has 0 radical (unpaired) electrons. The summed E-state index contributed by atoms with van der Waals surface area (Å²) in [5.41, 5.74) is 5.47. The molecule has 0 aliphatic carbocycles. The molecule has 8 heteroatoms. The zero-order valence-corrected chi connectivity index (χ0v) is 18.4. The molecule has 0 aromatic heterocycles. The third kappa shape index (κ3) is 5.06. The Morgan fingerprint density at radius 1 is 0.970 bits per heavy atom. The molecule has 1 aliphatic heterocycles. The van der Waals surface area contributed by atoms with Gasteiger partial charge in [-0.25, -0.2) is 0 Å². The first kappa shape index (κ1) is 22.1. The van der Waals surface area contributed by atoms with Crippen molar-refractivity contribution in [1.29, 1.82) is 0 Å². The van der Waals surface area contributed by atoms with Crippen LogP contribution >= 0.6 is 0 Å². The van der Waals surface area contributed by atoms with Crippen LogP contribution in [0, 0.1) is 5.92 Å². The normalized spacial score (nSPS) is 16.4. The van der Waals surface area contributed by atoms with Crippen molar-refractivity contribution in [2.45, 2.75) is 19.4 Å². The summed E-state index contributed by atoms with van der Waals surface area (Å²) in [7, 11) is 1.55. The Labute approximate surface area is 191 Å². The van der Waals surface area contributed by atoms with Crippen molar-refractivity contribution in [3.05, 3.63) is 66.7 Å². The Bertz CT molecular complexity index is 1200. The molecule has 2 unspecified atom stereocenters. The van der Waals surface area contributed by atoms with E-state index in [4.69, 9.17) is 9.47 Å². The highest BCUT2D eigenvalue weighted by Gasteiger charge is 2.35. The molecule has 3 amide bonds. The molecule has 1 fully saturated rings. The van der Waals surface area contributed by atoms with Crippen LogP contribution < -0.4 is 25.2 Å². The topological polar surface area (TPSA) is 97.0 Å². The summed E-state index contributed by atoms with van der Waals surface area (Å²) >= 11 is 0. The Balaban J connectivity index is 1.30. The van der Waals surface area contributed by atoms with Crippen LogP contribution in [0.3, 0.4) is 0 Å². The van der Waals surface area contributed by atoms with Gasteiger partial charge in [0.2, 0.25) is 11.8 Å². The van der Waals surface area contributed by atoms with Crippen molar-refractivity contribution in [3.63, 3.8) is 0 Å². The molecule has 170 valence electrons. The standard InChI is InChI=1S/C25H25N3O5/c1-16(33-22-11-10-17-6-3-4-7-18(17)12-22)24(30)26-27-25(31)19-13-23(29)28(15-19)20-8-5-9-21(14-20)32-2/h3-12,14,16,19H,13,15H2,1-2H3,(H,26,30)(H,27,31). The van der Waals surface area contributed by atoms with E-state index in [0.29, 0.717) is 17.2 Å². The van der Waals surface area contributed by atoms with Crippen LogP contribution in [0.15, 0.2) is 66.7 Å². The Morgan fingerprint density at radius 2 is 1.76 bits per heavy atom. The van der Waals surface area contributed by atoms with Crippen LogP contribution in [-0.4, -0.2) is 37.5 Å². The van der Waals surface area contributed by atoms with Crippen molar-refractivity contribution >= 4 is 34.2 Å². The summed E-state index contributed by atoms with van der Waals surface area (Å²) < 4.78 is 10.9. The fourth-order valence-corrected chi connectivity index (χ4v) is 3.74. The predicted octanol–water partition coefficient (Wildman–Crippen LogP) is 2.82. The van der Waals surface area contributed by atoms with Crippen molar-refractivity contribution in [2.75, 3.05) is 18.6 Å². The minimum absolute atomic E-state index is 0.0576. The molecule has 4 rings (SSSR count). The zero-order valence-electron chi connectivity index (χ0n) is 18.4.